The molecule has 0 aliphatic rings. The van der Waals surface area contributed by atoms with Crippen molar-refractivity contribution in [3.8, 4) is 0 Å². The monoisotopic (exact) mass is 236 g/mol. The molecule has 0 N–H and O–H groups in total. The Hall–Kier alpha value is -0.903. The van der Waals surface area contributed by atoms with Crippen LogP contribution in [0.5, 0.6) is 0 Å². The number of aryl methyl sites for hydroxylation is 1. The predicted octanol–water partition coefficient (Wildman–Crippen LogP) is 2.04. The lowest BCUT2D eigenvalue weighted by atomic mass is 10.1. The van der Waals surface area contributed by atoms with E-state index in [4.69, 9.17) is 9.47 Å². The Morgan fingerprint density at radius 1 is 1.31 bits per heavy atom. The second-order valence-corrected chi connectivity index (χ2v) is 5.65. The van der Waals surface area contributed by atoms with Gasteiger partial charge in [-0.15, -0.1) is 0 Å². The maximum Gasteiger partial charge on any atom is 0.134 e. The molecule has 2 nitrogen and oxygen atoms in total. The van der Waals surface area contributed by atoms with Gasteiger partial charge in [0.25, 0.3) is 0 Å². The lowest BCUT2D eigenvalue weighted by molar-refractivity contribution is -0.0440. The van der Waals surface area contributed by atoms with E-state index in [2.05, 4.69) is 24.8 Å². The number of hydrogen-bond acceptors (Lipinski definition) is 2. The molecule has 0 aromatic heterocycles. The van der Waals surface area contributed by atoms with E-state index in [0.717, 1.165) is 6.42 Å². The fraction of sp³-hybridized carbons (Fsp3) is 0.385. The smallest absolute Gasteiger partial charge is 0.134 e. The van der Waals surface area contributed by atoms with Crippen molar-refractivity contribution in [2.45, 2.75) is 18.4 Å². The first-order valence-corrected chi connectivity index (χ1v) is 7.39. The summed E-state index contributed by atoms with van der Waals surface area (Å²) in [6, 6.07) is 9.59. The third-order valence-electron chi connectivity index (χ3n) is 2.69. The first-order chi connectivity index (χ1) is 7.81. The average molecular weight is 236 g/mol. The van der Waals surface area contributed by atoms with Crippen LogP contribution in [-0.2, 0) is 15.9 Å². The summed E-state index contributed by atoms with van der Waals surface area (Å²) in [5, 5.41) is 0. The Morgan fingerprint density at radius 3 is 2.62 bits per heavy atom. The van der Waals surface area contributed by atoms with Crippen molar-refractivity contribution in [1.82, 2.24) is 0 Å². The summed E-state index contributed by atoms with van der Waals surface area (Å²) < 4.78 is 10.4. The normalized spacial score (nSPS) is 11.4. The quantitative estimate of drug-likeness (QED) is 0.533. The molecule has 0 spiro atoms. The van der Waals surface area contributed by atoms with E-state index in [9.17, 15) is 0 Å². The fourth-order valence-electron chi connectivity index (χ4n) is 1.75. The van der Waals surface area contributed by atoms with Gasteiger partial charge in [0.1, 0.15) is 5.91 Å². The van der Waals surface area contributed by atoms with Crippen LogP contribution in [0.25, 0.3) is 6.08 Å². The Kier molecular flexibility index (Phi) is 6.07. The van der Waals surface area contributed by atoms with Gasteiger partial charge in [-0.1, -0.05) is 43.0 Å². The molecule has 0 bridgehead atoms. The molecule has 1 rings (SSSR count). The maximum absolute atomic E-state index is 5.21. The van der Waals surface area contributed by atoms with Crippen LogP contribution in [0.15, 0.2) is 30.8 Å². The summed E-state index contributed by atoms with van der Waals surface area (Å²) in [6.07, 6.45) is 3.01. The van der Waals surface area contributed by atoms with Crippen LogP contribution in [0.2, 0.25) is 6.04 Å². The van der Waals surface area contributed by atoms with Gasteiger partial charge in [-0.05, 0) is 17.5 Å². The fourth-order valence-corrected chi connectivity index (χ4v) is 3.14. The molecule has 0 heterocycles. The van der Waals surface area contributed by atoms with Crippen molar-refractivity contribution in [3.63, 3.8) is 0 Å². The minimum atomic E-state index is -0.321. The standard InChI is InChI=1S/C13H20O2Si/c1-4-11-7-5-6-8-12(11)9-10-16-13(14-2)15-3/h4-8,13H,1,9-10,16H2,2-3H3. The lowest BCUT2D eigenvalue weighted by Crippen LogP contribution is -2.21. The molecule has 88 valence electrons. The first kappa shape index (κ1) is 13.2. The Bertz CT molecular complexity index is 321. The Balaban J connectivity index is 2.45. The number of hydrogen-bond donors (Lipinski definition) is 0. The molecule has 0 saturated heterocycles. The number of methoxy groups -OCH3 is 2. The molecule has 0 aliphatic carbocycles. The van der Waals surface area contributed by atoms with E-state index >= 15 is 0 Å². The molecule has 0 radical (unpaired) electrons. The van der Waals surface area contributed by atoms with E-state index in [1.54, 1.807) is 14.2 Å². The molecule has 0 unspecified atom stereocenters. The number of benzene rings is 1. The van der Waals surface area contributed by atoms with Crippen LogP contribution in [0.1, 0.15) is 11.1 Å². The molecule has 0 saturated carbocycles. The molecule has 1 aromatic carbocycles. The lowest BCUT2D eigenvalue weighted by Gasteiger charge is -2.12. The molecule has 3 heteroatoms. The summed E-state index contributed by atoms with van der Waals surface area (Å²) in [5.74, 6) is 0.0518. The van der Waals surface area contributed by atoms with Crippen LogP contribution in [0.3, 0.4) is 0 Å². The Labute approximate surface area is 100 Å². The zero-order chi connectivity index (χ0) is 11.8. The molecule has 0 fully saturated rings. The molecule has 0 atom stereocenters. The molecule has 0 aliphatic heterocycles. The molecular formula is C13H20O2Si. The largest absolute Gasteiger partial charge is 0.360 e. The van der Waals surface area contributed by atoms with Crippen molar-refractivity contribution in [3.05, 3.63) is 42.0 Å². The molecular weight excluding hydrogens is 216 g/mol. The summed E-state index contributed by atoms with van der Waals surface area (Å²) >= 11 is 0. The van der Waals surface area contributed by atoms with Crippen molar-refractivity contribution >= 4 is 15.6 Å². The van der Waals surface area contributed by atoms with E-state index in [0.29, 0.717) is 0 Å². The van der Waals surface area contributed by atoms with Crippen LogP contribution in [0, 0.1) is 0 Å². The van der Waals surface area contributed by atoms with Crippen molar-refractivity contribution in [1.29, 1.82) is 0 Å². The minimum Gasteiger partial charge on any atom is -0.360 e. The van der Waals surface area contributed by atoms with Crippen LogP contribution in [-0.4, -0.2) is 29.7 Å². The molecule has 1 aromatic rings. The summed E-state index contributed by atoms with van der Waals surface area (Å²) in [5.41, 5.74) is 2.61. The van der Waals surface area contributed by atoms with E-state index in [1.807, 2.05) is 12.1 Å². The van der Waals surface area contributed by atoms with Crippen molar-refractivity contribution in [2.75, 3.05) is 14.2 Å². The van der Waals surface area contributed by atoms with Gasteiger partial charge < -0.3 is 9.47 Å². The van der Waals surface area contributed by atoms with Gasteiger partial charge >= 0.3 is 0 Å². The summed E-state index contributed by atoms with van der Waals surface area (Å²) in [7, 11) is 3.09. The molecule has 0 amide bonds. The highest BCUT2D eigenvalue weighted by Crippen LogP contribution is 2.12. The van der Waals surface area contributed by atoms with Crippen LogP contribution in [0.4, 0.5) is 0 Å². The zero-order valence-corrected chi connectivity index (χ0v) is 11.5. The second-order valence-electron chi connectivity index (χ2n) is 3.70. The third kappa shape index (κ3) is 3.93. The van der Waals surface area contributed by atoms with Gasteiger partial charge in [-0.25, -0.2) is 0 Å². The highest BCUT2D eigenvalue weighted by atomic mass is 28.2. The van der Waals surface area contributed by atoms with Gasteiger partial charge in [0.2, 0.25) is 0 Å². The number of ether oxygens (including phenoxy) is 2. The maximum atomic E-state index is 5.21. The predicted molar refractivity (Wildman–Crippen MR) is 71.4 cm³/mol. The first-order valence-electron chi connectivity index (χ1n) is 5.57. The topological polar surface area (TPSA) is 18.5 Å². The summed E-state index contributed by atoms with van der Waals surface area (Å²) in [6.45, 7) is 3.83. The highest BCUT2D eigenvalue weighted by molar-refractivity contribution is 6.36. The van der Waals surface area contributed by atoms with E-state index < -0.39 is 0 Å². The Morgan fingerprint density at radius 2 is 2.00 bits per heavy atom. The third-order valence-corrected chi connectivity index (χ3v) is 4.59. The van der Waals surface area contributed by atoms with Gasteiger partial charge in [0, 0.05) is 14.2 Å². The SMILES string of the molecule is C=Cc1ccccc1CC[SiH2]C(OC)OC. The minimum absolute atomic E-state index is 0.0518. The summed E-state index contributed by atoms with van der Waals surface area (Å²) in [4.78, 5) is 0. The van der Waals surface area contributed by atoms with Gasteiger partial charge in [0.15, 0.2) is 0 Å². The van der Waals surface area contributed by atoms with Gasteiger partial charge in [-0.2, -0.15) is 0 Å². The van der Waals surface area contributed by atoms with Gasteiger partial charge in [-0.3, -0.25) is 0 Å². The van der Waals surface area contributed by atoms with E-state index in [1.165, 1.54) is 17.2 Å². The van der Waals surface area contributed by atoms with Crippen molar-refractivity contribution < 1.29 is 9.47 Å². The van der Waals surface area contributed by atoms with E-state index in [-0.39, 0.29) is 15.4 Å². The van der Waals surface area contributed by atoms with Crippen molar-refractivity contribution in [2.24, 2.45) is 0 Å². The van der Waals surface area contributed by atoms with Crippen LogP contribution >= 0.6 is 0 Å². The van der Waals surface area contributed by atoms with Gasteiger partial charge in [0.05, 0.1) is 9.52 Å². The second kappa shape index (κ2) is 7.38. The highest BCUT2D eigenvalue weighted by Gasteiger charge is 2.06. The number of rotatable bonds is 7. The zero-order valence-electron chi connectivity index (χ0n) is 10.1. The van der Waals surface area contributed by atoms with Crippen LogP contribution < -0.4 is 0 Å². The average Bonchev–Trinajstić information content (AvgIpc) is 2.35. The molecule has 16 heavy (non-hydrogen) atoms.